The zero-order chi connectivity index (χ0) is 11.8. The van der Waals surface area contributed by atoms with Crippen LogP contribution in [0.15, 0.2) is 12.4 Å². The van der Waals surface area contributed by atoms with Crippen LogP contribution in [0.3, 0.4) is 0 Å². The Morgan fingerprint density at radius 3 is 2.62 bits per heavy atom. The van der Waals surface area contributed by atoms with Crippen LogP contribution in [-0.4, -0.2) is 35.0 Å². The SMILES string of the molecule is CCCCN(C)Cc1cnc(NCC)cn1. The van der Waals surface area contributed by atoms with Crippen LogP contribution < -0.4 is 5.32 Å². The van der Waals surface area contributed by atoms with Crippen LogP contribution in [0.25, 0.3) is 0 Å². The van der Waals surface area contributed by atoms with Crippen LogP contribution in [0.4, 0.5) is 5.82 Å². The summed E-state index contributed by atoms with van der Waals surface area (Å²) in [5.74, 6) is 0.850. The minimum atomic E-state index is 0.850. The van der Waals surface area contributed by atoms with Crippen molar-refractivity contribution in [1.29, 1.82) is 0 Å². The molecule has 0 saturated heterocycles. The smallest absolute Gasteiger partial charge is 0.144 e. The van der Waals surface area contributed by atoms with Gasteiger partial charge in [0.05, 0.1) is 18.1 Å². The lowest BCUT2D eigenvalue weighted by molar-refractivity contribution is 0.316. The molecule has 16 heavy (non-hydrogen) atoms. The molecule has 0 radical (unpaired) electrons. The number of hydrogen-bond donors (Lipinski definition) is 1. The lowest BCUT2D eigenvalue weighted by Crippen LogP contribution is -2.19. The van der Waals surface area contributed by atoms with Crippen LogP contribution in [0.2, 0.25) is 0 Å². The monoisotopic (exact) mass is 222 g/mol. The molecule has 0 unspecified atom stereocenters. The molecule has 1 N–H and O–H groups in total. The third-order valence-corrected chi connectivity index (χ3v) is 2.39. The third kappa shape index (κ3) is 4.57. The fourth-order valence-corrected chi connectivity index (χ4v) is 1.49. The van der Waals surface area contributed by atoms with Gasteiger partial charge < -0.3 is 10.2 Å². The second-order valence-electron chi connectivity index (χ2n) is 4.01. The Bertz CT molecular complexity index is 284. The van der Waals surface area contributed by atoms with Gasteiger partial charge in [0.1, 0.15) is 5.82 Å². The molecule has 1 aromatic rings. The summed E-state index contributed by atoms with van der Waals surface area (Å²) in [6, 6.07) is 0. The average Bonchev–Trinajstić information content (AvgIpc) is 2.29. The maximum Gasteiger partial charge on any atom is 0.144 e. The van der Waals surface area contributed by atoms with E-state index in [1.54, 1.807) is 6.20 Å². The molecule has 0 saturated carbocycles. The molecule has 0 aromatic carbocycles. The summed E-state index contributed by atoms with van der Waals surface area (Å²) in [6.07, 6.45) is 6.11. The van der Waals surface area contributed by atoms with Crippen molar-refractivity contribution in [3.63, 3.8) is 0 Å². The van der Waals surface area contributed by atoms with Gasteiger partial charge in [-0.3, -0.25) is 4.98 Å². The molecule has 4 nitrogen and oxygen atoms in total. The van der Waals surface area contributed by atoms with Crippen molar-refractivity contribution in [1.82, 2.24) is 14.9 Å². The third-order valence-electron chi connectivity index (χ3n) is 2.39. The van der Waals surface area contributed by atoms with Gasteiger partial charge in [-0.2, -0.15) is 0 Å². The number of nitrogens with zero attached hydrogens (tertiary/aromatic N) is 3. The number of nitrogens with one attached hydrogen (secondary N) is 1. The standard InChI is InChI=1S/C12H22N4/c1-4-6-7-16(3)10-11-8-15-12(9-14-11)13-5-2/h8-9H,4-7,10H2,1-3H3,(H,13,15). The minimum absolute atomic E-state index is 0.850. The minimum Gasteiger partial charge on any atom is -0.369 e. The van der Waals surface area contributed by atoms with E-state index >= 15 is 0 Å². The van der Waals surface area contributed by atoms with Gasteiger partial charge in [0.25, 0.3) is 0 Å². The molecule has 0 bridgehead atoms. The summed E-state index contributed by atoms with van der Waals surface area (Å²) in [6.45, 7) is 7.13. The van der Waals surface area contributed by atoms with Gasteiger partial charge in [-0.15, -0.1) is 0 Å². The highest BCUT2D eigenvalue weighted by molar-refractivity contribution is 5.30. The van der Waals surface area contributed by atoms with E-state index in [2.05, 4.69) is 34.2 Å². The van der Waals surface area contributed by atoms with E-state index in [9.17, 15) is 0 Å². The number of rotatable bonds is 7. The Morgan fingerprint density at radius 1 is 1.25 bits per heavy atom. The quantitative estimate of drug-likeness (QED) is 0.767. The lowest BCUT2D eigenvalue weighted by Gasteiger charge is -2.15. The highest BCUT2D eigenvalue weighted by Crippen LogP contribution is 2.03. The first-order valence-corrected chi connectivity index (χ1v) is 5.99. The average molecular weight is 222 g/mol. The van der Waals surface area contributed by atoms with Crippen molar-refractivity contribution >= 4 is 5.82 Å². The molecule has 0 atom stereocenters. The van der Waals surface area contributed by atoms with E-state index < -0.39 is 0 Å². The van der Waals surface area contributed by atoms with Crippen LogP contribution in [0, 0.1) is 0 Å². The first-order valence-electron chi connectivity index (χ1n) is 5.99. The molecule has 1 heterocycles. The Morgan fingerprint density at radius 2 is 2.06 bits per heavy atom. The van der Waals surface area contributed by atoms with Crippen molar-refractivity contribution < 1.29 is 0 Å². The fraction of sp³-hybridized carbons (Fsp3) is 0.667. The highest BCUT2D eigenvalue weighted by atomic mass is 15.1. The molecule has 90 valence electrons. The Hall–Kier alpha value is -1.16. The predicted octanol–water partition coefficient (Wildman–Crippen LogP) is 2.14. The van der Waals surface area contributed by atoms with Gasteiger partial charge in [-0.1, -0.05) is 13.3 Å². The summed E-state index contributed by atoms with van der Waals surface area (Å²) in [4.78, 5) is 11.0. The van der Waals surface area contributed by atoms with E-state index in [0.717, 1.165) is 31.1 Å². The van der Waals surface area contributed by atoms with Crippen LogP contribution in [0.5, 0.6) is 0 Å². The molecule has 0 spiro atoms. The van der Waals surface area contributed by atoms with E-state index in [0.29, 0.717) is 0 Å². The predicted molar refractivity (Wildman–Crippen MR) is 67.4 cm³/mol. The lowest BCUT2D eigenvalue weighted by atomic mass is 10.3. The normalized spacial score (nSPS) is 10.8. The molecular weight excluding hydrogens is 200 g/mol. The zero-order valence-corrected chi connectivity index (χ0v) is 10.5. The summed E-state index contributed by atoms with van der Waals surface area (Å²) >= 11 is 0. The van der Waals surface area contributed by atoms with Crippen molar-refractivity contribution in [3.8, 4) is 0 Å². The maximum absolute atomic E-state index is 4.38. The molecule has 0 amide bonds. The largest absolute Gasteiger partial charge is 0.369 e. The number of hydrogen-bond acceptors (Lipinski definition) is 4. The van der Waals surface area contributed by atoms with Crippen LogP contribution in [-0.2, 0) is 6.54 Å². The second-order valence-corrected chi connectivity index (χ2v) is 4.01. The molecule has 0 fully saturated rings. The van der Waals surface area contributed by atoms with E-state index in [1.165, 1.54) is 12.8 Å². The molecule has 0 aliphatic heterocycles. The summed E-state index contributed by atoms with van der Waals surface area (Å²) in [5.41, 5.74) is 1.03. The van der Waals surface area contributed by atoms with Gasteiger partial charge in [0, 0.05) is 13.1 Å². The molecule has 0 aliphatic carbocycles. The highest BCUT2D eigenvalue weighted by Gasteiger charge is 2.01. The molecule has 1 aromatic heterocycles. The van der Waals surface area contributed by atoms with Gasteiger partial charge in [0.15, 0.2) is 0 Å². The number of aromatic nitrogens is 2. The Labute approximate surface area is 98.1 Å². The van der Waals surface area contributed by atoms with Gasteiger partial charge in [-0.25, -0.2) is 4.98 Å². The van der Waals surface area contributed by atoms with E-state index in [4.69, 9.17) is 0 Å². The van der Waals surface area contributed by atoms with E-state index in [1.807, 2.05) is 13.1 Å². The molecule has 1 rings (SSSR count). The molecular formula is C12H22N4. The van der Waals surface area contributed by atoms with Crippen molar-refractivity contribution in [2.75, 3.05) is 25.5 Å². The van der Waals surface area contributed by atoms with Crippen molar-refractivity contribution in [2.24, 2.45) is 0 Å². The summed E-state index contributed by atoms with van der Waals surface area (Å²) in [7, 11) is 2.12. The van der Waals surface area contributed by atoms with Crippen LogP contribution in [0.1, 0.15) is 32.4 Å². The molecule has 0 aliphatic rings. The number of anilines is 1. The molecule has 4 heteroatoms. The van der Waals surface area contributed by atoms with Gasteiger partial charge in [0.2, 0.25) is 0 Å². The van der Waals surface area contributed by atoms with Gasteiger partial charge in [-0.05, 0) is 26.9 Å². The van der Waals surface area contributed by atoms with Gasteiger partial charge >= 0.3 is 0 Å². The summed E-state index contributed by atoms with van der Waals surface area (Å²) < 4.78 is 0. The summed E-state index contributed by atoms with van der Waals surface area (Å²) in [5, 5.41) is 3.14. The fourth-order valence-electron chi connectivity index (χ4n) is 1.49. The maximum atomic E-state index is 4.38. The Balaban J connectivity index is 2.41. The first-order chi connectivity index (χ1) is 7.76. The van der Waals surface area contributed by atoms with E-state index in [-0.39, 0.29) is 0 Å². The topological polar surface area (TPSA) is 41.1 Å². The first kappa shape index (κ1) is 12.9. The zero-order valence-electron chi connectivity index (χ0n) is 10.5. The van der Waals surface area contributed by atoms with Crippen molar-refractivity contribution in [3.05, 3.63) is 18.1 Å². The van der Waals surface area contributed by atoms with Crippen molar-refractivity contribution in [2.45, 2.75) is 33.2 Å². The Kier molecular flexibility index (Phi) is 5.78. The second kappa shape index (κ2) is 7.17. The number of unbranched alkanes of at least 4 members (excludes halogenated alkanes) is 1. The van der Waals surface area contributed by atoms with Crippen LogP contribution >= 0.6 is 0 Å².